The Kier molecular flexibility index (Phi) is 4.49. The molecular formula is C16H13BrN2O3S. The van der Waals surface area contributed by atoms with E-state index in [4.69, 9.17) is 9.15 Å². The van der Waals surface area contributed by atoms with Crippen LogP contribution < -0.4 is 10.1 Å². The second-order valence-electron chi connectivity index (χ2n) is 4.80. The van der Waals surface area contributed by atoms with Gasteiger partial charge in [-0.15, -0.1) is 11.3 Å². The van der Waals surface area contributed by atoms with Crippen LogP contribution in [0.25, 0.3) is 11.3 Å². The lowest BCUT2D eigenvalue weighted by atomic mass is 10.1. The number of nitrogens with one attached hydrogen (secondary N) is 1. The van der Waals surface area contributed by atoms with Crippen molar-refractivity contribution in [3.63, 3.8) is 0 Å². The third kappa shape index (κ3) is 3.46. The van der Waals surface area contributed by atoms with Gasteiger partial charge in [0.25, 0.3) is 5.91 Å². The summed E-state index contributed by atoms with van der Waals surface area (Å²) in [6, 6.07) is 9.15. The largest absolute Gasteiger partial charge is 0.496 e. The first-order chi connectivity index (χ1) is 11.1. The molecule has 3 aromatic rings. The number of aromatic nitrogens is 1. The number of hydrogen-bond acceptors (Lipinski definition) is 5. The van der Waals surface area contributed by atoms with E-state index in [1.807, 2.05) is 30.5 Å². The molecule has 23 heavy (non-hydrogen) atoms. The van der Waals surface area contributed by atoms with Crippen LogP contribution in [-0.4, -0.2) is 18.0 Å². The van der Waals surface area contributed by atoms with E-state index in [9.17, 15) is 4.79 Å². The zero-order chi connectivity index (χ0) is 16.4. The molecule has 0 atom stereocenters. The molecule has 1 aromatic carbocycles. The number of methoxy groups -OCH3 is 1. The predicted octanol–water partition coefficient (Wildman–Crippen LogP) is 4.73. The summed E-state index contributed by atoms with van der Waals surface area (Å²) in [5, 5.41) is 5.11. The summed E-state index contributed by atoms with van der Waals surface area (Å²) in [5.41, 5.74) is 2.76. The highest BCUT2D eigenvalue weighted by molar-refractivity contribution is 9.10. The molecule has 0 spiro atoms. The SMILES string of the molecule is COc1ccc(C)cc1-c1csc(NC(=O)c2ccc(Br)o2)n1. The maximum absolute atomic E-state index is 12.1. The number of furan rings is 1. The minimum absolute atomic E-state index is 0.224. The second kappa shape index (κ2) is 6.55. The van der Waals surface area contributed by atoms with Crippen molar-refractivity contribution in [2.45, 2.75) is 6.92 Å². The normalized spacial score (nSPS) is 10.6. The molecule has 1 N–H and O–H groups in total. The van der Waals surface area contributed by atoms with Crippen LogP contribution in [0.5, 0.6) is 5.75 Å². The molecule has 118 valence electrons. The van der Waals surface area contributed by atoms with Crippen LogP contribution in [0, 0.1) is 6.92 Å². The van der Waals surface area contributed by atoms with E-state index < -0.39 is 0 Å². The fourth-order valence-corrected chi connectivity index (χ4v) is 3.08. The van der Waals surface area contributed by atoms with Crippen molar-refractivity contribution >= 4 is 38.3 Å². The minimum Gasteiger partial charge on any atom is -0.496 e. The summed E-state index contributed by atoms with van der Waals surface area (Å²) in [6.07, 6.45) is 0. The summed E-state index contributed by atoms with van der Waals surface area (Å²) in [6.45, 7) is 2.01. The van der Waals surface area contributed by atoms with Gasteiger partial charge in [-0.05, 0) is 47.1 Å². The molecule has 0 bridgehead atoms. The maximum Gasteiger partial charge on any atom is 0.293 e. The lowest BCUT2D eigenvalue weighted by molar-refractivity contribution is 0.0995. The van der Waals surface area contributed by atoms with Gasteiger partial charge in [0.05, 0.1) is 12.8 Å². The van der Waals surface area contributed by atoms with Gasteiger partial charge in [0.15, 0.2) is 15.6 Å². The van der Waals surface area contributed by atoms with Gasteiger partial charge in [-0.3, -0.25) is 10.1 Å². The number of anilines is 1. The quantitative estimate of drug-likeness (QED) is 0.696. The molecule has 0 fully saturated rings. The van der Waals surface area contributed by atoms with E-state index in [2.05, 4.69) is 26.2 Å². The van der Waals surface area contributed by atoms with E-state index in [0.29, 0.717) is 9.80 Å². The molecule has 2 heterocycles. The highest BCUT2D eigenvalue weighted by atomic mass is 79.9. The van der Waals surface area contributed by atoms with E-state index in [1.54, 1.807) is 19.2 Å². The lowest BCUT2D eigenvalue weighted by Crippen LogP contribution is -2.10. The Morgan fingerprint density at radius 2 is 2.17 bits per heavy atom. The number of benzene rings is 1. The number of aryl methyl sites for hydroxylation is 1. The zero-order valence-electron chi connectivity index (χ0n) is 12.4. The van der Waals surface area contributed by atoms with Crippen molar-refractivity contribution < 1.29 is 13.9 Å². The molecular weight excluding hydrogens is 380 g/mol. The fraction of sp³-hybridized carbons (Fsp3) is 0.125. The topological polar surface area (TPSA) is 64.4 Å². The predicted molar refractivity (Wildman–Crippen MR) is 93.2 cm³/mol. The van der Waals surface area contributed by atoms with Crippen LogP contribution in [0.15, 0.2) is 44.8 Å². The standard InChI is InChI=1S/C16H13BrN2O3S/c1-9-3-4-12(21-2)10(7-9)11-8-23-16(18-11)19-15(20)13-5-6-14(17)22-13/h3-8H,1-2H3,(H,18,19,20). The Labute approximate surface area is 145 Å². The highest BCUT2D eigenvalue weighted by Crippen LogP contribution is 2.33. The average Bonchev–Trinajstić information content (AvgIpc) is 3.16. The molecule has 1 amide bonds. The smallest absolute Gasteiger partial charge is 0.293 e. The number of rotatable bonds is 4. The first-order valence-corrected chi connectivity index (χ1v) is 8.41. The van der Waals surface area contributed by atoms with Crippen LogP contribution in [-0.2, 0) is 0 Å². The summed E-state index contributed by atoms with van der Waals surface area (Å²) in [7, 11) is 1.62. The van der Waals surface area contributed by atoms with Crippen LogP contribution >= 0.6 is 27.3 Å². The highest BCUT2D eigenvalue weighted by Gasteiger charge is 2.15. The fourth-order valence-electron chi connectivity index (χ4n) is 2.07. The summed E-state index contributed by atoms with van der Waals surface area (Å²) < 4.78 is 11.1. The van der Waals surface area contributed by atoms with Gasteiger partial charge in [-0.2, -0.15) is 0 Å². The number of nitrogens with zero attached hydrogens (tertiary/aromatic N) is 1. The van der Waals surface area contributed by atoms with Crippen molar-refractivity contribution in [3.05, 3.63) is 51.7 Å². The van der Waals surface area contributed by atoms with E-state index in [-0.39, 0.29) is 11.7 Å². The minimum atomic E-state index is -0.340. The number of halogens is 1. The molecule has 0 unspecified atom stereocenters. The van der Waals surface area contributed by atoms with Crippen LogP contribution in [0.1, 0.15) is 16.1 Å². The Morgan fingerprint density at radius 3 is 2.87 bits per heavy atom. The van der Waals surface area contributed by atoms with Gasteiger partial charge >= 0.3 is 0 Å². The van der Waals surface area contributed by atoms with Crippen LogP contribution in [0.3, 0.4) is 0 Å². The number of carbonyl (C=O) groups excluding carboxylic acids is 1. The third-order valence-electron chi connectivity index (χ3n) is 3.15. The molecule has 2 aromatic heterocycles. The molecule has 0 aliphatic heterocycles. The van der Waals surface area contributed by atoms with Crippen molar-refractivity contribution in [2.24, 2.45) is 0 Å². The molecule has 3 rings (SSSR count). The van der Waals surface area contributed by atoms with Crippen LogP contribution in [0.4, 0.5) is 5.13 Å². The van der Waals surface area contributed by atoms with Gasteiger partial charge in [0.1, 0.15) is 5.75 Å². The summed E-state index contributed by atoms with van der Waals surface area (Å²) in [4.78, 5) is 16.5. The zero-order valence-corrected chi connectivity index (χ0v) is 14.8. The first-order valence-electron chi connectivity index (χ1n) is 6.74. The van der Waals surface area contributed by atoms with Crippen LogP contribution in [0.2, 0.25) is 0 Å². The molecule has 0 radical (unpaired) electrons. The van der Waals surface area contributed by atoms with Crippen molar-refractivity contribution in [1.29, 1.82) is 0 Å². The number of hydrogen-bond donors (Lipinski definition) is 1. The molecule has 0 aliphatic rings. The van der Waals surface area contributed by atoms with E-state index in [1.165, 1.54) is 11.3 Å². The van der Waals surface area contributed by atoms with E-state index in [0.717, 1.165) is 22.6 Å². The van der Waals surface area contributed by atoms with Crippen molar-refractivity contribution in [2.75, 3.05) is 12.4 Å². The Bertz CT molecular complexity index is 857. The third-order valence-corrected chi connectivity index (χ3v) is 4.34. The van der Waals surface area contributed by atoms with Gasteiger partial charge in [0, 0.05) is 10.9 Å². The number of amides is 1. The molecule has 7 heteroatoms. The number of carbonyl (C=O) groups is 1. The Hall–Kier alpha value is -2.12. The summed E-state index contributed by atoms with van der Waals surface area (Å²) in [5.74, 6) is 0.628. The Morgan fingerprint density at radius 1 is 1.35 bits per heavy atom. The summed E-state index contributed by atoms with van der Waals surface area (Å²) >= 11 is 4.52. The molecule has 0 aliphatic carbocycles. The maximum atomic E-state index is 12.1. The monoisotopic (exact) mass is 392 g/mol. The van der Waals surface area contributed by atoms with E-state index >= 15 is 0 Å². The Balaban J connectivity index is 1.83. The second-order valence-corrected chi connectivity index (χ2v) is 6.44. The molecule has 5 nitrogen and oxygen atoms in total. The van der Waals surface area contributed by atoms with Gasteiger partial charge < -0.3 is 9.15 Å². The van der Waals surface area contributed by atoms with Gasteiger partial charge in [-0.1, -0.05) is 11.6 Å². The lowest BCUT2D eigenvalue weighted by Gasteiger charge is -2.07. The number of ether oxygens (including phenoxy) is 1. The number of thiazole rings is 1. The molecule has 0 saturated carbocycles. The average molecular weight is 393 g/mol. The first kappa shape index (κ1) is 15.8. The van der Waals surface area contributed by atoms with Crippen molar-refractivity contribution in [3.8, 4) is 17.0 Å². The van der Waals surface area contributed by atoms with Gasteiger partial charge in [0.2, 0.25) is 0 Å². The van der Waals surface area contributed by atoms with Crippen molar-refractivity contribution in [1.82, 2.24) is 4.98 Å². The molecule has 0 saturated heterocycles. The van der Waals surface area contributed by atoms with Gasteiger partial charge in [-0.25, -0.2) is 4.98 Å².